The van der Waals surface area contributed by atoms with Crippen LogP contribution in [0.5, 0.6) is 11.5 Å². The lowest BCUT2D eigenvalue weighted by atomic mass is 9.97. The number of hydrogen-bond donors (Lipinski definition) is 2. The van der Waals surface area contributed by atoms with E-state index in [1.165, 1.54) is 12.8 Å². The Bertz CT molecular complexity index is 554. The molecule has 0 amide bonds. The van der Waals surface area contributed by atoms with Crippen LogP contribution in [-0.4, -0.2) is 50.8 Å². The fourth-order valence-corrected chi connectivity index (χ4v) is 2.90. The zero-order valence-electron chi connectivity index (χ0n) is 13.8. The summed E-state index contributed by atoms with van der Waals surface area (Å²) in [4.78, 5) is 6.85. The summed E-state index contributed by atoms with van der Waals surface area (Å²) in [6.07, 6.45) is 3.28. The van der Waals surface area contributed by atoms with Gasteiger partial charge in [-0.1, -0.05) is 0 Å². The highest BCUT2D eigenvalue weighted by Gasteiger charge is 2.16. The molecule has 1 saturated heterocycles. The van der Waals surface area contributed by atoms with Crippen molar-refractivity contribution in [1.29, 1.82) is 0 Å². The van der Waals surface area contributed by atoms with E-state index in [1.807, 2.05) is 18.2 Å². The Morgan fingerprint density at radius 1 is 1.26 bits per heavy atom. The van der Waals surface area contributed by atoms with E-state index in [1.54, 1.807) is 0 Å². The predicted octanol–water partition coefficient (Wildman–Crippen LogP) is 1.92. The summed E-state index contributed by atoms with van der Waals surface area (Å²) in [6, 6.07) is 5.76. The molecule has 0 aromatic heterocycles. The largest absolute Gasteiger partial charge is 0.490 e. The molecular formula is C17H26N4O2. The molecule has 1 aromatic rings. The highest BCUT2D eigenvalue weighted by Crippen LogP contribution is 2.32. The van der Waals surface area contributed by atoms with Gasteiger partial charge in [-0.2, -0.15) is 0 Å². The molecule has 3 N–H and O–H groups in total. The summed E-state index contributed by atoms with van der Waals surface area (Å²) in [5.74, 6) is 2.64. The van der Waals surface area contributed by atoms with Gasteiger partial charge in [0.2, 0.25) is 0 Å². The van der Waals surface area contributed by atoms with Crippen molar-refractivity contribution in [3.63, 3.8) is 0 Å². The quantitative estimate of drug-likeness (QED) is 0.658. The van der Waals surface area contributed by atoms with Gasteiger partial charge < -0.3 is 25.4 Å². The molecule has 0 saturated carbocycles. The fraction of sp³-hybridized carbons (Fsp3) is 0.588. The van der Waals surface area contributed by atoms with Crippen LogP contribution in [0.2, 0.25) is 0 Å². The lowest BCUT2D eigenvalue weighted by molar-refractivity contribution is 0.224. The van der Waals surface area contributed by atoms with Crippen LogP contribution in [0.1, 0.15) is 19.3 Å². The summed E-state index contributed by atoms with van der Waals surface area (Å²) in [5, 5.41) is 3.14. The Balaban J connectivity index is 1.56. The molecule has 2 aliphatic rings. The van der Waals surface area contributed by atoms with Crippen LogP contribution in [0.15, 0.2) is 23.2 Å². The molecule has 0 spiro atoms. The molecule has 3 rings (SSSR count). The van der Waals surface area contributed by atoms with E-state index in [0.717, 1.165) is 43.2 Å². The zero-order chi connectivity index (χ0) is 16.1. The third-order valence-electron chi connectivity index (χ3n) is 4.38. The van der Waals surface area contributed by atoms with Crippen molar-refractivity contribution in [2.45, 2.75) is 19.3 Å². The monoisotopic (exact) mass is 318 g/mol. The SMILES string of the molecule is CN1CCC(CN=C(N)Nc2ccc3c(c2)OCCCO3)CC1. The Hall–Kier alpha value is -1.95. The molecule has 1 aromatic carbocycles. The summed E-state index contributed by atoms with van der Waals surface area (Å²) < 4.78 is 11.3. The molecule has 6 nitrogen and oxygen atoms in total. The van der Waals surface area contributed by atoms with Gasteiger partial charge in [-0.15, -0.1) is 0 Å². The van der Waals surface area contributed by atoms with Crippen molar-refractivity contribution < 1.29 is 9.47 Å². The number of aliphatic imine (C=N–C) groups is 1. The Kier molecular flexibility index (Phi) is 5.23. The molecule has 23 heavy (non-hydrogen) atoms. The number of rotatable bonds is 3. The number of likely N-dealkylation sites (tertiary alicyclic amines) is 1. The molecule has 0 bridgehead atoms. The number of nitrogens with zero attached hydrogens (tertiary/aromatic N) is 2. The number of nitrogens with one attached hydrogen (secondary N) is 1. The van der Waals surface area contributed by atoms with E-state index in [0.29, 0.717) is 25.1 Å². The summed E-state index contributed by atoms with van der Waals surface area (Å²) >= 11 is 0. The standard InChI is InChI=1S/C17H26N4O2/c1-21-7-5-13(6-8-21)12-19-17(18)20-14-3-4-15-16(11-14)23-10-2-9-22-15/h3-4,11,13H,2,5-10,12H2,1H3,(H3,18,19,20). The van der Waals surface area contributed by atoms with E-state index < -0.39 is 0 Å². The van der Waals surface area contributed by atoms with E-state index in [-0.39, 0.29) is 0 Å². The van der Waals surface area contributed by atoms with Crippen LogP contribution >= 0.6 is 0 Å². The van der Waals surface area contributed by atoms with Crippen molar-refractivity contribution in [3.8, 4) is 11.5 Å². The number of piperidine rings is 1. The number of hydrogen-bond acceptors (Lipinski definition) is 4. The fourth-order valence-electron chi connectivity index (χ4n) is 2.90. The lowest BCUT2D eigenvalue weighted by Gasteiger charge is -2.27. The summed E-state index contributed by atoms with van der Waals surface area (Å²) in [6.45, 7) is 4.46. The van der Waals surface area contributed by atoms with Crippen molar-refractivity contribution in [2.75, 3.05) is 45.2 Å². The Morgan fingerprint density at radius 3 is 2.78 bits per heavy atom. The van der Waals surface area contributed by atoms with Crippen LogP contribution < -0.4 is 20.5 Å². The van der Waals surface area contributed by atoms with Gasteiger partial charge in [0.25, 0.3) is 0 Å². The minimum atomic E-state index is 0.457. The number of guanidine groups is 1. The summed E-state index contributed by atoms with van der Waals surface area (Å²) in [7, 11) is 2.17. The molecule has 0 unspecified atom stereocenters. The molecule has 0 atom stereocenters. The van der Waals surface area contributed by atoms with Crippen molar-refractivity contribution >= 4 is 11.6 Å². The normalized spacial score (nSPS) is 20.1. The topological polar surface area (TPSA) is 72.1 Å². The third-order valence-corrected chi connectivity index (χ3v) is 4.38. The van der Waals surface area contributed by atoms with Crippen molar-refractivity contribution in [1.82, 2.24) is 4.90 Å². The molecule has 6 heteroatoms. The van der Waals surface area contributed by atoms with Gasteiger partial charge in [-0.05, 0) is 51.0 Å². The first-order valence-corrected chi connectivity index (χ1v) is 8.36. The maximum absolute atomic E-state index is 6.01. The molecule has 1 fully saturated rings. The number of benzene rings is 1. The van der Waals surface area contributed by atoms with Gasteiger partial charge in [0.1, 0.15) is 0 Å². The average Bonchev–Trinajstić information content (AvgIpc) is 2.79. The van der Waals surface area contributed by atoms with Gasteiger partial charge in [-0.3, -0.25) is 4.99 Å². The van der Waals surface area contributed by atoms with E-state index in [2.05, 4.69) is 22.3 Å². The molecule has 2 aliphatic heterocycles. The second kappa shape index (κ2) is 7.55. The second-order valence-electron chi connectivity index (χ2n) is 6.31. The first-order valence-electron chi connectivity index (χ1n) is 8.36. The highest BCUT2D eigenvalue weighted by atomic mass is 16.5. The molecule has 126 valence electrons. The highest BCUT2D eigenvalue weighted by molar-refractivity contribution is 5.92. The first kappa shape index (κ1) is 15.9. The zero-order valence-corrected chi connectivity index (χ0v) is 13.8. The van der Waals surface area contributed by atoms with Gasteiger partial charge in [0.15, 0.2) is 17.5 Å². The number of ether oxygens (including phenoxy) is 2. The Labute approximate surface area is 137 Å². The first-order chi connectivity index (χ1) is 11.2. The van der Waals surface area contributed by atoms with Crippen molar-refractivity contribution in [3.05, 3.63) is 18.2 Å². The number of anilines is 1. The minimum absolute atomic E-state index is 0.457. The minimum Gasteiger partial charge on any atom is -0.490 e. The van der Waals surface area contributed by atoms with Gasteiger partial charge in [0.05, 0.1) is 13.2 Å². The maximum Gasteiger partial charge on any atom is 0.193 e. The predicted molar refractivity (Wildman–Crippen MR) is 92.4 cm³/mol. The van der Waals surface area contributed by atoms with E-state index in [4.69, 9.17) is 15.2 Å². The van der Waals surface area contributed by atoms with E-state index in [9.17, 15) is 0 Å². The Morgan fingerprint density at radius 2 is 2.00 bits per heavy atom. The molecule has 2 heterocycles. The molecule has 0 aliphatic carbocycles. The second-order valence-corrected chi connectivity index (χ2v) is 6.31. The summed E-state index contributed by atoms with van der Waals surface area (Å²) in [5.41, 5.74) is 6.89. The molecule has 0 radical (unpaired) electrons. The van der Waals surface area contributed by atoms with Crippen LogP contribution in [0.4, 0.5) is 5.69 Å². The average molecular weight is 318 g/mol. The van der Waals surface area contributed by atoms with Gasteiger partial charge in [0, 0.05) is 24.7 Å². The van der Waals surface area contributed by atoms with Crippen LogP contribution in [0.3, 0.4) is 0 Å². The van der Waals surface area contributed by atoms with E-state index >= 15 is 0 Å². The van der Waals surface area contributed by atoms with Gasteiger partial charge in [-0.25, -0.2) is 0 Å². The maximum atomic E-state index is 6.01. The number of nitrogens with two attached hydrogens (primary N) is 1. The van der Waals surface area contributed by atoms with Crippen LogP contribution in [0.25, 0.3) is 0 Å². The smallest absolute Gasteiger partial charge is 0.193 e. The third kappa shape index (κ3) is 4.51. The lowest BCUT2D eigenvalue weighted by Crippen LogP contribution is -2.32. The van der Waals surface area contributed by atoms with Crippen molar-refractivity contribution in [2.24, 2.45) is 16.6 Å². The van der Waals surface area contributed by atoms with Crippen LogP contribution in [-0.2, 0) is 0 Å². The number of fused-ring (bicyclic) bond motifs is 1. The van der Waals surface area contributed by atoms with Gasteiger partial charge >= 0.3 is 0 Å². The molecular weight excluding hydrogens is 292 g/mol. The van der Waals surface area contributed by atoms with Crippen LogP contribution in [0, 0.1) is 5.92 Å².